The second-order valence-electron chi connectivity index (χ2n) is 17.7. The summed E-state index contributed by atoms with van der Waals surface area (Å²) in [5.41, 5.74) is 12.5. The Bertz CT molecular complexity index is 1830. The average molecular weight is 938 g/mol. The highest BCUT2D eigenvalue weighted by Crippen LogP contribution is 2.22. The Balaban J connectivity index is 2.00. The van der Waals surface area contributed by atoms with E-state index in [2.05, 4.69) is 21.3 Å². The lowest BCUT2D eigenvalue weighted by atomic mass is 9.97. The van der Waals surface area contributed by atoms with Gasteiger partial charge in [0.1, 0.15) is 36.5 Å². The van der Waals surface area contributed by atoms with Crippen LogP contribution in [-0.4, -0.2) is 111 Å². The Labute approximate surface area is 394 Å². The van der Waals surface area contributed by atoms with Crippen molar-refractivity contribution in [1.29, 1.82) is 0 Å². The van der Waals surface area contributed by atoms with E-state index in [1.165, 1.54) is 6.92 Å². The maximum absolute atomic E-state index is 13.7. The van der Waals surface area contributed by atoms with Crippen LogP contribution in [0.25, 0.3) is 0 Å². The molecule has 0 aliphatic carbocycles. The lowest BCUT2D eigenvalue weighted by Crippen LogP contribution is -2.59. The summed E-state index contributed by atoms with van der Waals surface area (Å²) in [5, 5.41) is 43.4. The Morgan fingerprint density at radius 2 is 1.13 bits per heavy atom. The molecule has 6 amide bonds. The molecule has 18 heteroatoms. The molecule has 2 rings (SSSR count). The highest BCUT2D eigenvalue weighted by atomic mass is 16.5. The van der Waals surface area contributed by atoms with Gasteiger partial charge in [-0.3, -0.25) is 28.8 Å². The van der Waals surface area contributed by atoms with E-state index in [-0.39, 0.29) is 44.4 Å². The van der Waals surface area contributed by atoms with Gasteiger partial charge in [0.25, 0.3) is 0 Å². The van der Waals surface area contributed by atoms with E-state index in [0.717, 1.165) is 36.2 Å². The van der Waals surface area contributed by atoms with Crippen molar-refractivity contribution in [2.24, 2.45) is 17.4 Å². The minimum absolute atomic E-state index is 0.00844. The molecule has 2 aromatic carbocycles. The summed E-state index contributed by atoms with van der Waals surface area (Å²) in [4.78, 5) is 101. The third-order valence-electron chi connectivity index (χ3n) is 11.5. The number of carboxylic acid groups (broad SMARTS) is 1. The first-order valence-electron chi connectivity index (χ1n) is 23.6. The Kier molecular flexibility index (Phi) is 27.5. The monoisotopic (exact) mass is 938 g/mol. The second kappa shape index (κ2) is 32.1. The number of aliphatic hydroxyl groups excluding tert-OH is 1. The van der Waals surface area contributed by atoms with Crippen LogP contribution < -0.4 is 32.7 Å². The molecule has 372 valence electrons. The number of benzene rings is 2. The molecule has 67 heavy (non-hydrogen) atoms. The zero-order chi connectivity index (χ0) is 49.7. The number of hydrogen-bond acceptors (Lipinski definition) is 11. The van der Waals surface area contributed by atoms with E-state index in [1.54, 1.807) is 54.6 Å². The fraction of sp³-hybridized carbons (Fsp3) is 0.592. The minimum atomic E-state index is -1.36. The molecule has 0 spiro atoms. The largest absolute Gasteiger partial charge is 0.480 e. The van der Waals surface area contributed by atoms with Gasteiger partial charge in [-0.05, 0) is 62.5 Å². The number of nitrogens with one attached hydrogen (secondary N) is 4. The summed E-state index contributed by atoms with van der Waals surface area (Å²) in [7, 11) is 0. The smallest absolute Gasteiger partial charge is 0.326 e. The van der Waals surface area contributed by atoms with Crippen LogP contribution in [0.15, 0.2) is 60.7 Å². The number of unbranched alkanes of at least 4 members (excludes halogenated alkanes) is 8. The molecule has 7 atom stereocenters. The fourth-order valence-corrected chi connectivity index (χ4v) is 7.76. The molecule has 11 N–H and O–H groups in total. The normalized spacial score (nSPS) is 14.4. The number of rotatable bonds is 36. The molecule has 0 saturated carbocycles. The van der Waals surface area contributed by atoms with Crippen LogP contribution in [-0.2, 0) is 51.2 Å². The van der Waals surface area contributed by atoms with Gasteiger partial charge in [-0.25, -0.2) is 4.79 Å². The van der Waals surface area contributed by atoms with Crippen LogP contribution in [0.5, 0.6) is 0 Å². The predicted molar refractivity (Wildman–Crippen MR) is 252 cm³/mol. The second-order valence-corrected chi connectivity index (χ2v) is 17.7. The molecule has 2 aromatic rings. The number of hydroxylamine groups is 2. The van der Waals surface area contributed by atoms with E-state index in [9.17, 15) is 53.8 Å². The topological polar surface area (TPSA) is 301 Å². The van der Waals surface area contributed by atoms with Crippen LogP contribution in [0, 0.1) is 5.92 Å². The third kappa shape index (κ3) is 23.5. The van der Waals surface area contributed by atoms with E-state index in [1.807, 2.05) is 19.9 Å². The number of primary amides is 2. The van der Waals surface area contributed by atoms with Crippen molar-refractivity contribution in [3.63, 3.8) is 0 Å². The van der Waals surface area contributed by atoms with Crippen LogP contribution in [0.2, 0.25) is 0 Å². The number of hydrogen-bond donors (Lipinski definition) is 9. The van der Waals surface area contributed by atoms with Gasteiger partial charge in [-0.2, -0.15) is 5.06 Å². The maximum Gasteiger partial charge on any atom is 0.326 e. The van der Waals surface area contributed by atoms with Crippen molar-refractivity contribution in [3.05, 3.63) is 71.8 Å². The van der Waals surface area contributed by atoms with Crippen molar-refractivity contribution in [2.45, 2.75) is 179 Å². The van der Waals surface area contributed by atoms with Gasteiger partial charge in [0, 0.05) is 38.1 Å². The number of amides is 6. The summed E-state index contributed by atoms with van der Waals surface area (Å²) in [6.07, 6.45) is 7.24. The van der Waals surface area contributed by atoms with Gasteiger partial charge >= 0.3 is 5.97 Å². The molecule has 0 aromatic heterocycles. The summed E-state index contributed by atoms with van der Waals surface area (Å²) >= 11 is 0. The number of carboxylic acids is 1. The quantitative estimate of drug-likeness (QED) is 0.0270. The molecule has 0 aliphatic heterocycles. The molecular weight excluding hydrogens is 863 g/mol. The highest BCUT2D eigenvalue weighted by molar-refractivity contribution is 5.94. The van der Waals surface area contributed by atoms with Crippen molar-refractivity contribution in [3.8, 4) is 0 Å². The molecule has 0 fully saturated rings. The van der Waals surface area contributed by atoms with Gasteiger partial charge in [-0.15, -0.1) is 0 Å². The van der Waals surface area contributed by atoms with Crippen molar-refractivity contribution >= 4 is 47.7 Å². The number of nitrogens with zero attached hydrogens (tertiary/aromatic N) is 1. The van der Waals surface area contributed by atoms with E-state index >= 15 is 0 Å². The Morgan fingerprint density at radius 3 is 1.64 bits per heavy atom. The Morgan fingerprint density at radius 1 is 0.627 bits per heavy atom. The van der Waals surface area contributed by atoms with Crippen LogP contribution in [0.3, 0.4) is 0 Å². The van der Waals surface area contributed by atoms with E-state index in [4.69, 9.17) is 11.5 Å². The van der Waals surface area contributed by atoms with Crippen LogP contribution in [0.1, 0.15) is 135 Å². The summed E-state index contributed by atoms with van der Waals surface area (Å²) < 4.78 is 0. The zero-order valence-corrected chi connectivity index (χ0v) is 39.4. The zero-order valence-electron chi connectivity index (χ0n) is 39.4. The molecule has 0 saturated heterocycles. The molecular formula is C49H75N7O11. The minimum Gasteiger partial charge on any atom is -0.480 e. The third-order valence-corrected chi connectivity index (χ3v) is 11.5. The first-order valence-corrected chi connectivity index (χ1v) is 23.6. The van der Waals surface area contributed by atoms with Crippen molar-refractivity contribution in [1.82, 2.24) is 26.3 Å². The SMILES string of the molecule is CC(C)C[C@H](NC(=O)[C@@H](NC(=O)CCCCCCCC(CCCCCCC=O)N(O)[C@@H](CCC(N)=O)C(=O)N[C@@H](Cc1ccccc1)C(=O)O)[C@H](C)O)C(=O)N[C@@H](Cc1ccccc1)C(N)=O. The molecule has 0 bridgehead atoms. The number of aldehydes is 1. The predicted octanol–water partition coefficient (Wildman–Crippen LogP) is 3.37. The van der Waals surface area contributed by atoms with Gasteiger partial charge in [0.05, 0.1) is 6.10 Å². The Hall–Kier alpha value is -5.72. The van der Waals surface area contributed by atoms with E-state index < -0.39 is 83.8 Å². The molecule has 0 heterocycles. The number of nitrogens with two attached hydrogens (primary N) is 2. The van der Waals surface area contributed by atoms with Crippen molar-refractivity contribution in [2.75, 3.05) is 0 Å². The molecule has 0 radical (unpaired) electrons. The number of aliphatic hydroxyl groups is 1. The van der Waals surface area contributed by atoms with Crippen LogP contribution >= 0.6 is 0 Å². The highest BCUT2D eigenvalue weighted by Gasteiger charge is 2.34. The fourth-order valence-electron chi connectivity index (χ4n) is 7.76. The van der Waals surface area contributed by atoms with Gasteiger partial charge in [0.2, 0.25) is 35.4 Å². The lowest BCUT2D eigenvalue weighted by Gasteiger charge is -2.33. The lowest BCUT2D eigenvalue weighted by molar-refractivity contribution is -0.178. The summed E-state index contributed by atoms with van der Waals surface area (Å²) in [6, 6.07) is 11.3. The van der Waals surface area contributed by atoms with Crippen molar-refractivity contribution < 1.29 is 53.8 Å². The molecule has 18 nitrogen and oxygen atoms in total. The van der Waals surface area contributed by atoms with Crippen LogP contribution in [0.4, 0.5) is 0 Å². The number of carbonyl (C=O) groups is 8. The number of aliphatic carboxylic acids is 1. The summed E-state index contributed by atoms with van der Waals surface area (Å²) in [5.74, 6) is -5.33. The first-order chi connectivity index (χ1) is 31.9. The van der Waals surface area contributed by atoms with E-state index in [0.29, 0.717) is 63.4 Å². The summed E-state index contributed by atoms with van der Waals surface area (Å²) in [6.45, 7) is 5.07. The van der Waals surface area contributed by atoms with Gasteiger partial charge in [-0.1, -0.05) is 119 Å². The van der Waals surface area contributed by atoms with Gasteiger partial charge < -0.3 is 52.9 Å². The maximum atomic E-state index is 13.7. The van der Waals surface area contributed by atoms with Gasteiger partial charge in [0.15, 0.2) is 0 Å². The number of carbonyl (C=O) groups excluding carboxylic acids is 7. The average Bonchev–Trinajstić information content (AvgIpc) is 3.27. The molecule has 1 unspecified atom stereocenters. The first kappa shape index (κ1) is 57.4. The molecule has 0 aliphatic rings. The standard InChI is InChI=1S/C49H75N7O11/c1-33(2)30-39(46(62)52-38(45(51)61)31-35-20-12-10-13-21-35)53-48(64)44(34(3)58)55-43(60)26-18-8-4-6-16-24-37(25-17-7-5-9-19-29-57)56(67)41(27-28-42(50)59)47(63)54-40(49(65)66)32-36-22-14-11-15-23-36/h10-15,20-23,29,33-34,37-41,44,58,67H,4-9,16-19,24-28,30-32H2,1-3H3,(H2,50,59)(H2,51,61)(H,52,62)(H,53,64)(H,54,63)(H,55,60)(H,65,66)/t34-,37?,38-,39-,40-,41-,44-/m0/s1.